The normalized spacial score (nSPS) is 11.3. The quantitative estimate of drug-likeness (QED) is 0.466. The Kier molecular flexibility index (Phi) is 5.15. The highest BCUT2D eigenvalue weighted by Gasteiger charge is 2.13. The van der Waals surface area contributed by atoms with Gasteiger partial charge in [0.1, 0.15) is 0 Å². The lowest BCUT2D eigenvalue weighted by atomic mass is 10.1. The first-order valence-corrected chi connectivity index (χ1v) is 9.54. The number of benzene rings is 1. The van der Waals surface area contributed by atoms with Gasteiger partial charge in [0.2, 0.25) is 4.77 Å². The first-order chi connectivity index (χ1) is 13.7. The smallest absolute Gasteiger partial charge is 0.204 e. The van der Waals surface area contributed by atoms with E-state index in [0.29, 0.717) is 31.0 Å². The molecule has 0 spiro atoms. The molecule has 0 saturated carbocycles. The van der Waals surface area contributed by atoms with Gasteiger partial charge < -0.3 is 0 Å². The third kappa shape index (κ3) is 3.52. The maximum Gasteiger partial charge on any atom is 0.204 e. The van der Waals surface area contributed by atoms with Gasteiger partial charge in [-0.2, -0.15) is 10.4 Å². The Morgan fingerprint density at radius 2 is 2.07 bits per heavy atom. The summed E-state index contributed by atoms with van der Waals surface area (Å²) in [7, 11) is 0. The molecule has 4 aromatic rings. The van der Waals surface area contributed by atoms with Gasteiger partial charge in [-0.15, -0.1) is 0 Å². The van der Waals surface area contributed by atoms with Gasteiger partial charge >= 0.3 is 0 Å². The zero-order valence-electron chi connectivity index (χ0n) is 15.6. The summed E-state index contributed by atoms with van der Waals surface area (Å²) < 4.78 is 4.51. The Morgan fingerprint density at radius 1 is 1.21 bits per heavy atom. The number of aromatic nitrogens is 4. The number of fused-ring (bicyclic) bond motifs is 3. The van der Waals surface area contributed by atoms with Crippen LogP contribution < -0.4 is 0 Å². The number of nitrogens with zero attached hydrogens (tertiary/aromatic N) is 6. The van der Waals surface area contributed by atoms with Gasteiger partial charge in [-0.3, -0.25) is 14.3 Å². The molecule has 3 heterocycles. The summed E-state index contributed by atoms with van der Waals surface area (Å²) >= 11 is 5.75. The Bertz CT molecular complexity index is 1220. The van der Waals surface area contributed by atoms with E-state index in [1.54, 1.807) is 6.20 Å². The highest BCUT2D eigenvalue weighted by Crippen LogP contribution is 2.21. The Morgan fingerprint density at radius 3 is 2.86 bits per heavy atom. The number of aryl methyl sites for hydroxylation is 1. The number of hydrogen-bond acceptors (Lipinski definition) is 5. The predicted molar refractivity (Wildman–Crippen MR) is 111 cm³/mol. The van der Waals surface area contributed by atoms with E-state index < -0.39 is 0 Å². The summed E-state index contributed by atoms with van der Waals surface area (Å²) in [6, 6.07) is 16.5. The van der Waals surface area contributed by atoms with E-state index in [2.05, 4.69) is 41.1 Å². The van der Waals surface area contributed by atoms with Crippen LogP contribution in [-0.2, 0) is 13.2 Å². The summed E-state index contributed by atoms with van der Waals surface area (Å²) in [5.41, 5.74) is 4.16. The lowest BCUT2D eigenvalue weighted by Gasteiger charge is -2.20. The minimum Gasteiger partial charge on any atom is -0.279 e. The van der Waals surface area contributed by atoms with E-state index in [1.165, 1.54) is 10.9 Å². The second kappa shape index (κ2) is 7.89. The van der Waals surface area contributed by atoms with Crippen molar-refractivity contribution in [3.8, 4) is 6.07 Å². The van der Waals surface area contributed by atoms with Crippen molar-refractivity contribution in [3.05, 3.63) is 70.8 Å². The molecule has 6 nitrogen and oxygen atoms in total. The van der Waals surface area contributed by atoms with Gasteiger partial charge in [-0.25, -0.2) is 4.68 Å². The van der Waals surface area contributed by atoms with E-state index in [9.17, 15) is 0 Å². The monoisotopic (exact) mass is 388 g/mol. The zero-order valence-corrected chi connectivity index (χ0v) is 16.4. The van der Waals surface area contributed by atoms with Crippen molar-refractivity contribution in [1.82, 2.24) is 24.1 Å². The third-order valence-corrected chi connectivity index (χ3v) is 5.18. The van der Waals surface area contributed by atoms with Crippen molar-refractivity contribution in [2.75, 3.05) is 6.54 Å². The molecule has 140 valence electrons. The zero-order chi connectivity index (χ0) is 19.5. The van der Waals surface area contributed by atoms with Crippen LogP contribution in [0.25, 0.3) is 16.6 Å². The molecule has 0 aliphatic carbocycles. The van der Waals surface area contributed by atoms with E-state index in [4.69, 9.17) is 22.6 Å². The highest BCUT2D eigenvalue weighted by molar-refractivity contribution is 7.71. The van der Waals surface area contributed by atoms with Gasteiger partial charge in [0.25, 0.3) is 0 Å². The molecular formula is C21H20N6S. The number of para-hydroxylation sites is 1. The fraction of sp³-hybridized carbons (Fsp3) is 0.238. The molecule has 0 radical (unpaired) electrons. The maximum absolute atomic E-state index is 9.03. The minimum atomic E-state index is 0.447. The van der Waals surface area contributed by atoms with E-state index in [1.807, 2.05) is 39.5 Å². The molecule has 1 aromatic carbocycles. The number of rotatable bonds is 6. The van der Waals surface area contributed by atoms with Crippen molar-refractivity contribution >= 4 is 28.8 Å². The topological polar surface area (TPSA) is 62.2 Å². The van der Waals surface area contributed by atoms with Gasteiger partial charge in [-0.1, -0.05) is 24.3 Å². The Balaban J connectivity index is 1.73. The van der Waals surface area contributed by atoms with Crippen LogP contribution in [0.1, 0.15) is 17.5 Å². The molecule has 0 aliphatic rings. The van der Waals surface area contributed by atoms with E-state index in [0.717, 1.165) is 16.7 Å². The third-order valence-electron chi connectivity index (χ3n) is 4.78. The second-order valence-electron chi connectivity index (χ2n) is 6.78. The predicted octanol–water partition coefficient (Wildman–Crippen LogP) is 4.10. The summed E-state index contributed by atoms with van der Waals surface area (Å²) in [5, 5.41) is 14.9. The van der Waals surface area contributed by atoms with Gasteiger partial charge in [0.05, 0.1) is 18.3 Å². The van der Waals surface area contributed by atoms with Gasteiger partial charge in [0, 0.05) is 37.3 Å². The first-order valence-electron chi connectivity index (χ1n) is 9.13. The van der Waals surface area contributed by atoms with E-state index in [-0.39, 0.29) is 0 Å². The van der Waals surface area contributed by atoms with Crippen molar-refractivity contribution in [2.24, 2.45) is 0 Å². The number of hydrogen-bond donors (Lipinski definition) is 0. The standard InChI is InChI=1S/C21H20N6S/c1-16-12-20-24-26(21(28)27(20)19-8-3-2-7-18(16)19)15-25(11-5-9-22)14-17-6-4-10-23-13-17/h2-4,6-8,10,12-13H,5,11,14-15H2,1H3. The molecule has 3 aromatic heterocycles. The second-order valence-corrected chi connectivity index (χ2v) is 7.15. The maximum atomic E-state index is 9.03. The van der Waals surface area contributed by atoms with Crippen molar-refractivity contribution in [2.45, 2.75) is 26.6 Å². The number of pyridine rings is 2. The Hall–Kier alpha value is -3.08. The molecule has 0 amide bonds. The number of nitriles is 1. The van der Waals surface area contributed by atoms with Gasteiger partial charge in [0.15, 0.2) is 5.65 Å². The van der Waals surface area contributed by atoms with Crippen LogP contribution in [-0.4, -0.2) is 30.6 Å². The van der Waals surface area contributed by atoms with Gasteiger partial charge in [-0.05, 0) is 48.5 Å². The summed E-state index contributed by atoms with van der Waals surface area (Å²) in [6.07, 6.45) is 4.05. The molecule has 0 aliphatic heterocycles. The van der Waals surface area contributed by atoms with Crippen molar-refractivity contribution < 1.29 is 0 Å². The minimum absolute atomic E-state index is 0.447. The molecule has 0 unspecified atom stereocenters. The van der Waals surface area contributed by atoms with Crippen LogP contribution in [0.3, 0.4) is 0 Å². The summed E-state index contributed by atoms with van der Waals surface area (Å²) in [5.74, 6) is 0. The Labute approximate surface area is 168 Å². The fourth-order valence-corrected chi connectivity index (χ4v) is 3.75. The lowest BCUT2D eigenvalue weighted by molar-refractivity contribution is 0.201. The molecule has 0 bridgehead atoms. The van der Waals surface area contributed by atoms with Crippen LogP contribution in [0.2, 0.25) is 0 Å². The summed E-state index contributed by atoms with van der Waals surface area (Å²) in [4.78, 5) is 6.35. The fourth-order valence-electron chi connectivity index (χ4n) is 3.46. The average Bonchev–Trinajstić information content (AvgIpc) is 3.02. The molecule has 0 saturated heterocycles. The largest absolute Gasteiger partial charge is 0.279 e. The SMILES string of the molecule is Cc1cc2nn(CN(CCC#N)Cc3cccnc3)c(=S)n2c2ccccc12. The van der Waals surface area contributed by atoms with Crippen LogP contribution in [0, 0.1) is 23.0 Å². The molecular weight excluding hydrogens is 368 g/mol. The van der Waals surface area contributed by atoms with Crippen LogP contribution in [0.4, 0.5) is 0 Å². The molecule has 7 heteroatoms. The van der Waals surface area contributed by atoms with Crippen LogP contribution in [0.15, 0.2) is 54.9 Å². The van der Waals surface area contributed by atoms with Crippen LogP contribution in [0.5, 0.6) is 0 Å². The average molecular weight is 389 g/mol. The molecule has 28 heavy (non-hydrogen) atoms. The van der Waals surface area contributed by atoms with Crippen molar-refractivity contribution in [3.63, 3.8) is 0 Å². The molecule has 0 N–H and O–H groups in total. The first kappa shape index (κ1) is 18.3. The van der Waals surface area contributed by atoms with Crippen LogP contribution >= 0.6 is 12.2 Å². The van der Waals surface area contributed by atoms with Crippen molar-refractivity contribution in [1.29, 1.82) is 5.26 Å². The molecule has 4 rings (SSSR count). The highest BCUT2D eigenvalue weighted by atomic mass is 32.1. The molecule has 0 fully saturated rings. The summed E-state index contributed by atoms with van der Waals surface area (Å²) in [6.45, 7) is 3.93. The molecule has 0 atom stereocenters. The van der Waals surface area contributed by atoms with E-state index >= 15 is 0 Å². The lowest BCUT2D eigenvalue weighted by Crippen LogP contribution is -2.28.